The molecule has 3 nitrogen and oxygen atoms in total. The topological polar surface area (TPSA) is 49.3 Å². The fourth-order valence-corrected chi connectivity index (χ4v) is 3.55. The summed E-state index contributed by atoms with van der Waals surface area (Å²) in [5.41, 5.74) is -0.498. The molecule has 1 saturated carbocycles. The molecule has 1 aromatic rings. The predicted molar refractivity (Wildman–Crippen MR) is 74.9 cm³/mol. The summed E-state index contributed by atoms with van der Waals surface area (Å²) in [4.78, 5) is 12.3. The highest BCUT2D eigenvalue weighted by molar-refractivity contribution is 6.05. The molecule has 108 valence electrons. The van der Waals surface area contributed by atoms with Gasteiger partial charge in [0.1, 0.15) is 5.82 Å². The molecule has 0 saturated heterocycles. The van der Waals surface area contributed by atoms with E-state index in [1.165, 1.54) is 0 Å². The van der Waals surface area contributed by atoms with Crippen molar-refractivity contribution in [2.75, 3.05) is 5.32 Å². The maximum Gasteiger partial charge on any atom is 0.261 e. The predicted octanol–water partition coefficient (Wildman–Crippen LogP) is 3.24. The number of aliphatic hydroxyl groups is 1. The Morgan fingerprint density at radius 2 is 1.90 bits per heavy atom. The molecule has 0 bridgehead atoms. The van der Waals surface area contributed by atoms with Crippen LogP contribution >= 0.6 is 0 Å². The quantitative estimate of drug-likeness (QED) is 0.774. The van der Waals surface area contributed by atoms with E-state index in [0.29, 0.717) is 11.1 Å². The van der Waals surface area contributed by atoms with E-state index in [2.05, 4.69) is 5.32 Å². The summed E-state index contributed by atoms with van der Waals surface area (Å²) in [6.45, 7) is 1.66. The molecule has 1 atom stereocenters. The standard InChI is InChI=1S/C16H20FNO2/c1-10-8-9-12-14(13(10)17)18-15(19)16(12,20)11-6-4-2-3-5-7-11/h8-9,11,20H,2-7H2,1H3,(H,18,19). The Hall–Kier alpha value is -1.42. The van der Waals surface area contributed by atoms with Gasteiger partial charge in [-0.3, -0.25) is 4.79 Å². The van der Waals surface area contributed by atoms with E-state index in [9.17, 15) is 14.3 Å². The van der Waals surface area contributed by atoms with E-state index in [1.807, 2.05) is 0 Å². The van der Waals surface area contributed by atoms with E-state index in [-0.39, 0.29) is 11.6 Å². The van der Waals surface area contributed by atoms with Crippen LogP contribution in [0.4, 0.5) is 10.1 Å². The monoisotopic (exact) mass is 277 g/mol. The van der Waals surface area contributed by atoms with Crippen molar-refractivity contribution < 1.29 is 14.3 Å². The highest BCUT2D eigenvalue weighted by atomic mass is 19.1. The lowest BCUT2D eigenvalue weighted by molar-refractivity contribution is -0.140. The summed E-state index contributed by atoms with van der Waals surface area (Å²) in [6, 6.07) is 3.33. The summed E-state index contributed by atoms with van der Waals surface area (Å²) in [7, 11) is 0. The first kappa shape index (κ1) is 13.6. The third-order valence-electron chi connectivity index (χ3n) is 4.78. The average Bonchev–Trinajstić information content (AvgIpc) is 2.65. The first-order valence-electron chi connectivity index (χ1n) is 7.38. The van der Waals surface area contributed by atoms with E-state index >= 15 is 0 Å². The summed E-state index contributed by atoms with van der Waals surface area (Å²) >= 11 is 0. The van der Waals surface area contributed by atoms with Gasteiger partial charge in [-0.25, -0.2) is 4.39 Å². The van der Waals surface area contributed by atoms with Crippen molar-refractivity contribution in [1.82, 2.24) is 0 Å². The van der Waals surface area contributed by atoms with Crippen LogP contribution in [-0.2, 0) is 10.4 Å². The average molecular weight is 277 g/mol. The second-order valence-corrected chi connectivity index (χ2v) is 6.03. The molecule has 2 aliphatic rings. The third-order valence-corrected chi connectivity index (χ3v) is 4.78. The van der Waals surface area contributed by atoms with Gasteiger partial charge < -0.3 is 10.4 Å². The Bertz CT molecular complexity index is 550. The second kappa shape index (κ2) is 4.85. The van der Waals surface area contributed by atoms with Crippen LogP contribution in [0.15, 0.2) is 12.1 Å². The number of halogens is 1. The van der Waals surface area contributed by atoms with Crippen molar-refractivity contribution in [2.45, 2.75) is 51.0 Å². The zero-order valence-electron chi connectivity index (χ0n) is 11.7. The van der Waals surface area contributed by atoms with Crippen LogP contribution in [-0.4, -0.2) is 11.0 Å². The summed E-state index contributed by atoms with van der Waals surface area (Å²) in [5.74, 6) is -1.02. The molecule has 0 aromatic heterocycles. The number of hydrogen-bond acceptors (Lipinski definition) is 2. The highest BCUT2D eigenvalue weighted by Gasteiger charge is 2.51. The van der Waals surface area contributed by atoms with Crippen molar-refractivity contribution in [3.8, 4) is 0 Å². The normalized spacial score (nSPS) is 27.1. The molecule has 1 fully saturated rings. The Balaban J connectivity index is 2.06. The van der Waals surface area contributed by atoms with Crippen molar-refractivity contribution >= 4 is 11.6 Å². The molecule has 0 spiro atoms. The van der Waals surface area contributed by atoms with Crippen molar-refractivity contribution in [3.63, 3.8) is 0 Å². The number of carbonyl (C=O) groups excluding carboxylic acids is 1. The molecule has 1 aromatic carbocycles. The number of hydrogen-bond donors (Lipinski definition) is 2. The van der Waals surface area contributed by atoms with Crippen LogP contribution in [0.1, 0.15) is 49.7 Å². The van der Waals surface area contributed by atoms with Crippen LogP contribution in [0.25, 0.3) is 0 Å². The zero-order valence-corrected chi connectivity index (χ0v) is 11.7. The van der Waals surface area contributed by atoms with E-state index in [0.717, 1.165) is 38.5 Å². The third kappa shape index (κ3) is 1.85. The Kier molecular flexibility index (Phi) is 3.28. The van der Waals surface area contributed by atoms with Gasteiger partial charge in [-0.15, -0.1) is 0 Å². The van der Waals surface area contributed by atoms with Crippen molar-refractivity contribution in [1.29, 1.82) is 0 Å². The lowest BCUT2D eigenvalue weighted by Crippen LogP contribution is -2.41. The maximum atomic E-state index is 14.1. The van der Waals surface area contributed by atoms with Gasteiger partial charge in [0.25, 0.3) is 5.91 Å². The van der Waals surface area contributed by atoms with Crippen molar-refractivity contribution in [3.05, 3.63) is 29.1 Å². The van der Waals surface area contributed by atoms with Crippen LogP contribution in [0, 0.1) is 18.7 Å². The summed E-state index contributed by atoms with van der Waals surface area (Å²) in [5, 5.41) is 13.5. The van der Waals surface area contributed by atoms with E-state index in [1.54, 1.807) is 19.1 Å². The van der Waals surface area contributed by atoms with Gasteiger partial charge in [-0.2, -0.15) is 0 Å². The number of amides is 1. The Labute approximate surface area is 118 Å². The first-order valence-corrected chi connectivity index (χ1v) is 7.38. The molecule has 2 N–H and O–H groups in total. The molecular weight excluding hydrogens is 257 g/mol. The zero-order chi connectivity index (χ0) is 14.3. The SMILES string of the molecule is Cc1ccc2c(c1F)NC(=O)C2(O)C1CCCCCC1. The number of rotatable bonds is 1. The van der Waals surface area contributed by atoms with E-state index < -0.39 is 17.3 Å². The number of anilines is 1. The molecule has 4 heteroatoms. The molecular formula is C16H20FNO2. The molecule has 1 aliphatic heterocycles. The molecule has 1 unspecified atom stereocenters. The first-order chi connectivity index (χ1) is 9.55. The lowest BCUT2D eigenvalue weighted by Gasteiger charge is -2.30. The minimum Gasteiger partial charge on any atom is -0.375 e. The summed E-state index contributed by atoms with van der Waals surface area (Å²) in [6.07, 6.45) is 5.96. The van der Waals surface area contributed by atoms with Crippen LogP contribution < -0.4 is 5.32 Å². The van der Waals surface area contributed by atoms with Gasteiger partial charge in [-0.05, 0) is 25.3 Å². The minimum atomic E-state index is -1.56. The van der Waals surface area contributed by atoms with Gasteiger partial charge in [0.2, 0.25) is 0 Å². The molecule has 1 amide bonds. The number of aryl methyl sites for hydroxylation is 1. The lowest BCUT2D eigenvalue weighted by atomic mass is 9.78. The van der Waals surface area contributed by atoms with Gasteiger partial charge in [0.15, 0.2) is 5.60 Å². The van der Waals surface area contributed by atoms with Crippen LogP contribution in [0.3, 0.4) is 0 Å². The van der Waals surface area contributed by atoms with Crippen molar-refractivity contribution in [2.24, 2.45) is 5.92 Å². The van der Waals surface area contributed by atoms with Gasteiger partial charge in [0.05, 0.1) is 5.69 Å². The smallest absolute Gasteiger partial charge is 0.261 e. The number of benzene rings is 1. The molecule has 3 rings (SSSR count). The maximum absolute atomic E-state index is 14.1. The van der Waals surface area contributed by atoms with Crippen LogP contribution in [0.2, 0.25) is 0 Å². The Morgan fingerprint density at radius 1 is 1.25 bits per heavy atom. The van der Waals surface area contributed by atoms with Crippen LogP contribution in [0.5, 0.6) is 0 Å². The number of carbonyl (C=O) groups is 1. The minimum absolute atomic E-state index is 0.117. The van der Waals surface area contributed by atoms with Gasteiger partial charge >= 0.3 is 0 Å². The fourth-order valence-electron chi connectivity index (χ4n) is 3.55. The second-order valence-electron chi connectivity index (χ2n) is 6.03. The van der Waals surface area contributed by atoms with E-state index in [4.69, 9.17) is 0 Å². The largest absolute Gasteiger partial charge is 0.375 e. The summed E-state index contributed by atoms with van der Waals surface area (Å²) < 4.78 is 14.1. The Morgan fingerprint density at radius 3 is 2.55 bits per heavy atom. The molecule has 0 radical (unpaired) electrons. The highest BCUT2D eigenvalue weighted by Crippen LogP contribution is 2.46. The molecule has 1 heterocycles. The van der Waals surface area contributed by atoms with Gasteiger partial charge in [-0.1, -0.05) is 37.8 Å². The number of fused-ring (bicyclic) bond motifs is 1. The number of nitrogens with one attached hydrogen (secondary N) is 1. The van der Waals surface area contributed by atoms with Gasteiger partial charge in [0, 0.05) is 11.5 Å². The molecule has 20 heavy (non-hydrogen) atoms. The molecule has 1 aliphatic carbocycles. The fraction of sp³-hybridized carbons (Fsp3) is 0.562.